The van der Waals surface area contributed by atoms with E-state index in [1.54, 1.807) is 12.1 Å². The van der Waals surface area contributed by atoms with Crippen molar-refractivity contribution in [3.05, 3.63) is 52.5 Å². The molecule has 0 atom stereocenters. The van der Waals surface area contributed by atoms with Crippen molar-refractivity contribution in [1.29, 1.82) is 0 Å². The molecule has 0 spiro atoms. The minimum absolute atomic E-state index is 0.112. The van der Waals surface area contributed by atoms with Crippen molar-refractivity contribution in [3.63, 3.8) is 0 Å². The van der Waals surface area contributed by atoms with Crippen LogP contribution in [0, 0.1) is 6.92 Å². The maximum Gasteiger partial charge on any atom is 0.259 e. The fourth-order valence-electron chi connectivity index (χ4n) is 1.80. The Morgan fingerprint density at radius 3 is 2.70 bits per heavy atom. The van der Waals surface area contributed by atoms with Gasteiger partial charge in [0.1, 0.15) is 11.5 Å². The van der Waals surface area contributed by atoms with Gasteiger partial charge in [-0.2, -0.15) is 0 Å². The van der Waals surface area contributed by atoms with Gasteiger partial charge in [-0.3, -0.25) is 4.79 Å². The van der Waals surface area contributed by atoms with E-state index < -0.39 is 5.91 Å². The molecule has 0 unspecified atom stereocenters. The van der Waals surface area contributed by atoms with Gasteiger partial charge in [0.15, 0.2) is 0 Å². The average molecular weight is 292 g/mol. The zero-order chi connectivity index (χ0) is 14.7. The summed E-state index contributed by atoms with van der Waals surface area (Å²) in [5, 5.41) is 12.8. The molecule has 0 aromatic heterocycles. The number of anilines is 1. The second-order valence-electron chi connectivity index (χ2n) is 4.32. The van der Waals surface area contributed by atoms with Crippen LogP contribution in [0.4, 0.5) is 5.69 Å². The first-order valence-corrected chi connectivity index (χ1v) is 6.33. The Morgan fingerprint density at radius 1 is 1.25 bits per heavy atom. The number of carbonyl (C=O) groups is 1. The molecule has 2 N–H and O–H groups in total. The van der Waals surface area contributed by atoms with Gasteiger partial charge in [0.2, 0.25) is 0 Å². The van der Waals surface area contributed by atoms with Crippen molar-refractivity contribution < 1.29 is 14.6 Å². The number of hydrogen-bond donors (Lipinski definition) is 2. The number of amides is 1. The van der Waals surface area contributed by atoms with E-state index >= 15 is 0 Å². The zero-order valence-electron chi connectivity index (χ0n) is 11.1. The first-order chi connectivity index (χ1) is 9.51. The Balaban J connectivity index is 2.32. The molecule has 0 aliphatic carbocycles. The topological polar surface area (TPSA) is 58.6 Å². The highest BCUT2D eigenvalue weighted by Gasteiger charge is 2.14. The van der Waals surface area contributed by atoms with Crippen LogP contribution in [0.5, 0.6) is 11.5 Å². The van der Waals surface area contributed by atoms with Crippen LogP contribution in [0.2, 0.25) is 5.02 Å². The molecule has 104 valence electrons. The summed E-state index contributed by atoms with van der Waals surface area (Å²) in [5.74, 6) is -0.0297. The number of aromatic hydroxyl groups is 1. The largest absolute Gasteiger partial charge is 0.507 e. The predicted molar refractivity (Wildman–Crippen MR) is 78.8 cm³/mol. The molecule has 2 aromatic carbocycles. The number of benzene rings is 2. The summed E-state index contributed by atoms with van der Waals surface area (Å²) in [7, 11) is 1.52. The molecular formula is C15H14ClNO3. The van der Waals surface area contributed by atoms with E-state index in [1.165, 1.54) is 25.3 Å². The van der Waals surface area contributed by atoms with E-state index in [-0.39, 0.29) is 11.3 Å². The van der Waals surface area contributed by atoms with Crippen LogP contribution in [0.25, 0.3) is 0 Å². The lowest BCUT2D eigenvalue weighted by Gasteiger charge is -2.11. The third-order valence-electron chi connectivity index (χ3n) is 2.81. The third kappa shape index (κ3) is 3.03. The molecule has 0 bridgehead atoms. The molecule has 1 amide bonds. The molecule has 0 radical (unpaired) electrons. The van der Waals surface area contributed by atoms with Crippen LogP contribution in [0.15, 0.2) is 36.4 Å². The van der Waals surface area contributed by atoms with Crippen molar-refractivity contribution in [3.8, 4) is 11.5 Å². The Labute approximate surface area is 122 Å². The molecule has 2 aromatic rings. The van der Waals surface area contributed by atoms with Crippen molar-refractivity contribution in [2.45, 2.75) is 6.92 Å². The van der Waals surface area contributed by atoms with Gasteiger partial charge in [-0.15, -0.1) is 0 Å². The molecule has 0 fully saturated rings. The van der Waals surface area contributed by atoms with Crippen LogP contribution in [0.3, 0.4) is 0 Å². The minimum atomic E-state index is -0.450. The first-order valence-electron chi connectivity index (χ1n) is 5.96. The second-order valence-corrected chi connectivity index (χ2v) is 4.76. The van der Waals surface area contributed by atoms with Gasteiger partial charge >= 0.3 is 0 Å². The lowest BCUT2D eigenvalue weighted by molar-refractivity contribution is 0.102. The number of methoxy groups -OCH3 is 1. The van der Waals surface area contributed by atoms with Gasteiger partial charge < -0.3 is 15.2 Å². The highest BCUT2D eigenvalue weighted by atomic mass is 35.5. The van der Waals surface area contributed by atoms with E-state index in [0.29, 0.717) is 16.5 Å². The normalized spacial score (nSPS) is 10.2. The monoisotopic (exact) mass is 291 g/mol. The van der Waals surface area contributed by atoms with Gasteiger partial charge in [-0.25, -0.2) is 0 Å². The fraction of sp³-hybridized carbons (Fsp3) is 0.133. The quantitative estimate of drug-likeness (QED) is 0.908. The summed E-state index contributed by atoms with van der Waals surface area (Å²) >= 11 is 5.83. The number of carbonyl (C=O) groups excluding carboxylic acids is 1. The number of rotatable bonds is 3. The molecule has 4 nitrogen and oxygen atoms in total. The Bertz CT molecular complexity index is 656. The zero-order valence-corrected chi connectivity index (χ0v) is 11.9. The number of hydrogen-bond acceptors (Lipinski definition) is 3. The van der Waals surface area contributed by atoms with E-state index in [9.17, 15) is 9.90 Å². The molecule has 20 heavy (non-hydrogen) atoms. The van der Waals surface area contributed by atoms with Crippen molar-refractivity contribution in [2.24, 2.45) is 0 Å². The highest BCUT2D eigenvalue weighted by Crippen LogP contribution is 2.27. The number of aryl methyl sites for hydroxylation is 1. The SMILES string of the molecule is COc1ccc(C)cc1NC(=O)c1cc(Cl)ccc1O. The minimum Gasteiger partial charge on any atom is -0.507 e. The molecule has 5 heteroatoms. The van der Waals surface area contributed by atoms with Gasteiger partial charge in [0.25, 0.3) is 5.91 Å². The summed E-state index contributed by atoms with van der Waals surface area (Å²) in [4.78, 5) is 12.2. The number of nitrogens with one attached hydrogen (secondary N) is 1. The van der Waals surface area contributed by atoms with E-state index in [4.69, 9.17) is 16.3 Å². The Kier molecular flexibility index (Phi) is 4.15. The lowest BCUT2D eigenvalue weighted by Crippen LogP contribution is -2.13. The van der Waals surface area contributed by atoms with Crippen LogP contribution >= 0.6 is 11.6 Å². The molecule has 0 saturated carbocycles. The van der Waals surface area contributed by atoms with Gasteiger partial charge in [-0.05, 0) is 42.8 Å². The molecule has 0 saturated heterocycles. The van der Waals surface area contributed by atoms with Crippen molar-refractivity contribution in [2.75, 3.05) is 12.4 Å². The summed E-state index contributed by atoms with van der Waals surface area (Å²) in [5.41, 5.74) is 1.63. The maximum absolute atomic E-state index is 12.2. The second kappa shape index (κ2) is 5.84. The third-order valence-corrected chi connectivity index (χ3v) is 3.04. The van der Waals surface area contributed by atoms with E-state index in [2.05, 4.69) is 5.32 Å². The van der Waals surface area contributed by atoms with Crippen molar-refractivity contribution in [1.82, 2.24) is 0 Å². The summed E-state index contributed by atoms with van der Waals surface area (Å²) in [6.07, 6.45) is 0. The molecule has 2 rings (SSSR count). The summed E-state index contributed by atoms with van der Waals surface area (Å²) in [6.45, 7) is 1.91. The standard InChI is InChI=1S/C15H14ClNO3/c1-9-3-6-14(20-2)12(7-9)17-15(19)11-8-10(16)4-5-13(11)18/h3-8,18H,1-2H3,(H,17,19). The molecule has 0 heterocycles. The Morgan fingerprint density at radius 2 is 2.00 bits per heavy atom. The van der Waals surface area contributed by atoms with Crippen LogP contribution in [0.1, 0.15) is 15.9 Å². The number of ether oxygens (including phenoxy) is 1. The van der Waals surface area contributed by atoms with Gasteiger partial charge in [0, 0.05) is 5.02 Å². The summed E-state index contributed by atoms with van der Waals surface area (Å²) < 4.78 is 5.19. The summed E-state index contributed by atoms with van der Waals surface area (Å²) in [6, 6.07) is 9.74. The van der Waals surface area contributed by atoms with Crippen LogP contribution < -0.4 is 10.1 Å². The van der Waals surface area contributed by atoms with E-state index in [1.807, 2.05) is 13.0 Å². The van der Waals surface area contributed by atoms with Gasteiger partial charge in [0.05, 0.1) is 18.4 Å². The Hall–Kier alpha value is -2.20. The van der Waals surface area contributed by atoms with E-state index in [0.717, 1.165) is 5.56 Å². The lowest BCUT2D eigenvalue weighted by atomic mass is 10.1. The van der Waals surface area contributed by atoms with Crippen molar-refractivity contribution >= 4 is 23.2 Å². The van der Waals surface area contributed by atoms with Gasteiger partial charge in [-0.1, -0.05) is 17.7 Å². The molecule has 0 aliphatic heterocycles. The first kappa shape index (κ1) is 14.2. The highest BCUT2D eigenvalue weighted by molar-refractivity contribution is 6.31. The number of phenols is 1. The molecule has 0 aliphatic rings. The van der Waals surface area contributed by atoms with Crippen LogP contribution in [-0.2, 0) is 0 Å². The predicted octanol–water partition coefficient (Wildman–Crippen LogP) is 3.61. The average Bonchev–Trinajstić information content (AvgIpc) is 2.41. The fourth-order valence-corrected chi connectivity index (χ4v) is 1.97. The number of halogens is 1. The molecular weight excluding hydrogens is 278 g/mol. The smallest absolute Gasteiger partial charge is 0.259 e. The number of phenolic OH excluding ortho intramolecular Hbond substituents is 1. The maximum atomic E-state index is 12.2. The van der Waals surface area contributed by atoms with Crippen LogP contribution in [-0.4, -0.2) is 18.1 Å².